The lowest BCUT2D eigenvalue weighted by atomic mass is 10.1. The van der Waals surface area contributed by atoms with Gasteiger partial charge in [0, 0.05) is 49.3 Å². The van der Waals surface area contributed by atoms with Gasteiger partial charge in [-0.05, 0) is 49.1 Å². The van der Waals surface area contributed by atoms with Crippen LogP contribution in [0.15, 0.2) is 35.4 Å². The van der Waals surface area contributed by atoms with Crippen LogP contribution >= 0.6 is 11.3 Å². The SMILES string of the molecule is CCc1cc(N2CC3CCC(C2)N3)ccc1Nc1ncc(C(F)(F)F)c(-c2cc3c(s2)C(=O)N(C2COC2)CCS3(=O)=O)n1. The molecule has 2 atom stereocenters. The molecule has 0 spiro atoms. The number of nitrogens with one attached hydrogen (secondary N) is 2. The summed E-state index contributed by atoms with van der Waals surface area (Å²) in [4.78, 5) is 25.0. The Morgan fingerprint density at radius 3 is 2.57 bits per heavy atom. The van der Waals surface area contributed by atoms with Crippen LogP contribution in [0, 0.1) is 0 Å². The Morgan fingerprint density at radius 2 is 1.91 bits per heavy atom. The van der Waals surface area contributed by atoms with Gasteiger partial charge in [-0.25, -0.2) is 18.4 Å². The van der Waals surface area contributed by atoms with E-state index in [-0.39, 0.29) is 52.2 Å². The predicted octanol–water partition coefficient (Wildman–Crippen LogP) is 4.10. The van der Waals surface area contributed by atoms with Crippen LogP contribution in [0.5, 0.6) is 0 Å². The zero-order chi connectivity index (χ0) is 30.8. The number of sulfone groups is 1. The van der Waals surface area contributed by atoms with Crippen molar-refractivity contribution in [2.24, 2.45) is 0 Å². The largest absolute Gasteiger partial charge is 0.420 e. The summed E-state index contributed by atoms with van der Waals surface area (Å²) in [6.45, 7) is 4.42. The van der Waals surface area contributed by atoms with Gasteiger partial charge in [0.25, 0.3) is 5.91 Å². The van der Waals surface area contributed by atoms with Crippen LogP contribution in [0.4, 0.5) is 30.5 Å². The molecule has 3 saturated heterocycles. The molecule has 3 aromatic rings. The van der Waals surface area contributed by atoms with E-state index in [4.69, 9.17) is 4.74 Å². The summed E-state index contributed by atoms with van der Waals surface area (Å²) in [6, 6.07) is 7.79. The average molecular weight is 649 g/mol. The number of fused-ring (bicyclic) bond motifs is 3. The van der Waals surface area contributed by atoms with Gasteiger partial charge < -0.3 is 25.2 Å². The highest BCUT2D eigenvalue weighted by Crippen LogP contribution is 2.42. The molecule has 234 valence electrons. The second-order valence-electron chi connectivity index (χ2n) is 11.6. The van der Waals surface area contributed by atoms with Gasteiger partial charge in [-0.1, -0.05) is 6.92 Å². The van der Waals surface area contributed by atoms with E-state index < -0.39 is 33.2 Å². The fraction of sp³-hybridized carbons (Fsp3) is 0.483. The van der Waals surface area contributed by atoms with Crippen LogP contribution < -0.4 is 15.5 Å². The molecule has 0 saturated carbocycles. The van der Waals surface area contributed by atoms with Gasteiger partial charge in [0.1, 0.15) is 10.4 Å². The molecule has 15 heteroatoms. The third kappa shape index (κ3) is 5.33. The lowest BCUT2D eigenvalue weighted by Gasteiger charge is -2.36. The molecule has 4 aliphatic heterocycles. The Balaban J connectivity index is 1.23. The van der Waals surface area contributed by atoms with Gasteiger partial charge in [0.2, 0.25) is 5.95 Å². The van der Waals surface area contributed by atoms with Crippen molar-refractivity contribution in [1.29, 1.82) is 0 Å². The van der Waals surface area contributed by atoms with E-state index in [1.165, 1.54) is 4.90 Å². The molecular weight excluding hydrogens is 617 g/mol. The summed E-state index contributed by atoms with van der Waals surface area (Å²) in [6.07, 6.45) is -1.12. The minimum atomic E-state index is -4.81. The number of thiophene rings is 1. The second kappa shape index (κ2) is 11.0. The average Bonchev–Trinajstić information content (AvgIpc) is 3.55. The van der Waals surface area contributed by atoms with E-state index in [0.717, 1.165) is 43.2 Å². The molecule has 3 fully saturated rings. The van der Waals surface area contributed by atoms with Crippen molar-refractivity contribution in [3.8, 4) is 10.6 Å². The number of nitrogens with zero attached hydrogens (tertiary/aromatic N) is 4. The van der Waals surface area contributed by atoms with Crippen molar-refractivity contribution < 1.29 is 31.1 Å². The van der Waals surface area contributed by atoms with Crippen LogP contribution in [0.3, 0.4) is 0 Å². The number of hydrogen-bond acceptors (Lipinski definition) is 10. The van der Waals surface area contributed by atoms with E-state index in [2.05, 4.69) is 31.6 Å². The minimum absolute atomic E-state index is 0.00430. The summed E-state index contributed by atoms with van der Waals surface area (Å²) in [5, 5.41) is 6.71. The van der Waals surface area contributed by atoms with Crippen molar-refractivity contribution in [3.63, 3.8) is 0 Å². The Bertz CT molecular complexity index is 1710. The smallest absolute Gasteiger partial charge is 0.377 e. The van der Waals surface area contributed by atoms with Crippen LogP contribution in [0.25, 0.3) is 10.6 Å². The minimum Gasteiger partial charge on any atom is -0.377 e. The Hall–Kier alpha value is -3.27. The maximum Gasteiger partial charge on any atom is 0.420 e. The maximum absolute atomic E-state index is 14.2. The highest BCUT2D eigenvalue weighted by Gasteiger charge is 2.41. The molecule has 7 rings (SSSR count). The predicted molar refractivity (Wildman–Crippen MR) is 159 cm³/mol. The maximum atomic E-state index is 14.2. The fourth-order valence-corrected chi connectivity index (χ4v) is 9.26. The highest BCUT2D eigenvalue weighted by atomic mass is 32.2. The molecular formula is C29H31F3N6O4S2. The number of amides is 1. The number of aromatic nitrogens is 2. The molecule has 6 heterocycles. The highest BCUT2D eigenvalue weighted by molar-refractivity contribution is 7.91. The number of piperazine rings is 1. The third-order valence-electron chi connectivity index (χ3n) is 8.78. The van der Waals surface area contributed by atoms with Gasteiger partial charge >= 0.3 is 6.18 Å². The van der Waals surface area contributed by atoms with Gasteiger partial charge in [0.05, 0.1) is 40.5 Å². The van der Waals surface area contributed by atoms with Gasteiger partial charge in [-0.3, -0.25) is 4.79 Å². The monoisotopic (exact) mass is 648 g/mol. The first-order valence-corrected chi connectivity index (χ1v) is 17.1. The topological polar surface area (TPSA) is 117 Å². The van der Waals surface area contributed by atoms with E-state index in [1.807, 2.05) is 19.1 Å². The zero-order valence-corrected chi connectivity index (χ0v) is 25.5. The molecule has 44 heavy (non-hydrogen) atoms. The van der Waals surface area contributed by atoms with Crippen molar-refractivity contribution in [2.45, 2.75) is 55.4 Å². The van der Waals surface area contributed by atoms with Crippen LogP contribution in [0.2, 0.25) is 0 Å². The normalized spacial score (nSPS) is 23.3. The van der Waals surface area contributed by atoms with Crippen molar-refractivity contribution in [3.05, 3.63) is 46.5 Å². The standard InChI is InChI=1S/C29H31F3N6O4S2/c1-2-16-9-19(37-12-17-3-4-18(13-37)34-17)5-6-22(16)35-28-33-11-21(29(30,31)32)25(36-28)23-10-24-26(43-23)27(39)38(20-14-42-15-20)7-8-44(24,40)41/h5-6,9-11,17-18,20,34H,2-4,7-8,12-15H2,1H3,(H,33,35,36). The summed E-state index contributed by atoms with van der Waals surface area (Å²) in [5.41, 5.74) is 1.11. The molecule has 2 unspecified atom stereocenters. The summed E-state index contributed by atoms with van der Waals surface area (Å²) in [7, 11) is -3.92. The first-order chi connectivity index (χ1) is 21.0. The lowest BCUT2D eigenvalue weighted by Crippen LogP contribution is -2.52. The number of ether oxygens (including phenoxy) is 1. The number of halogens is 3. The van der Waals surface area contributed by atoms with E-state index >= 15 is 0 Å². The number of anilines is 3. The number of alkyl halides is 3. The van der Waals surface area contributed by atoms with E-state index in [1.54, 1.807) is 0 Å². The molecule has 0 aliphatic carbocycles. The first-order valence-electron chi connectivity index (χ1n) is 14.6. The summed E-state index contributed by atoms with van der Waals surface area (Å²) < 4.78 is 74.0. The Morgan fingerprint density at radius 1 is 1.16 bits per heavy atom. The third-order valence-corrected chi connectivity index (χ3v) is 11.7. The van der Waals surface area contributed by atoms with Gasteiger partial charge in [0.15, 0.2) is 9.84 Å². The molecule has 10 nitrogen and oxygen atoms in total. The Labute approximate surface area is 256 Å². The quantitative estimate of drug-likeness (QED) is 0.408. The lowest BCUT2D eigenvalue weighted by molar-refractivity contribution is -0.137. The number of benzene rings is 1. The van der Waals surface area contributed by atoms with Gasteiger partial charge in [-0.15, -0.1) is 11.3 Å². The van der Waals surface area contributed by atoms with Crippen molar-refractivity contribution in [1.82, 2.24) is 20.2 Å². The second-order valence-corrected chi connectivity index (χ2v) is 14.8. The Kier molecular flexibility index (Phi) is 7.34. The number of rotatable bonds is 6. The molecule has 4 aliphatic rings. The molecule has 1 amide bonds. The summed E-state index contributed by atoms with van der Waals surface area (Å²) in [5.74, 6) is -0.926. The molecule has 1 aromatic carbocycles. The number of aryl methyl sites for hydroxylation is 1. The van der Waals surface area contributed by atoms with Crippen molar-refractivity contribution >= 4 is 44.4 Å². The molecule has 2 N–H and O–H groups in total. The number of carbonyl (C=O) groups excluding carboxylic acids is 1. The van der Waals surface area contributed by atoms with Gasteiger partial charge in [-0.2, -0.15) is 13.2 Å². The number of hydrogen-bond donors (Lipinski definition) is 2. The summed E-state index contributed by atoms with van der Waals surface area (Å²) >= 11 is 0.704. The first kappa shape index (κ1) is 29.4. The van der Waals surface area contributed by atoms with Crippen molar-refractivity contribution in [2.75, 3.05) is 48.8 Å². The van der Waals surface area contributed by atoms with E-state index in [9.17, 15) is 26.4 Å². The van der Waals surface area contributed by atoms with Crippen LogP contribution in [-0.2, 0) is 27.2 Å². The van der Waals surface area contributed by atoms with Crippen LogP contribution in [-0.4, -0.2) is 85.9 Å². The molecule has 2 bridgehead atoms. The van der Waals surface area contributed by atoms with E-state index in [0.29, 0.717) is 41.7 Å². The molecule has 0 radical (unpaired) electrons. The molecule has 2 aromatic heterocycles. The number of carbonyl (C=O) groups is 1. The fourth-order valence-electron chi connectivity index (χ4n) is 6.34. The van der Waals surface area contributed by atoms with Crippen LogP contribution in [0.1, 0.15) is 40.6 Å². The zero-order valence-electron chi connectivity index (χ0n) is 23.9.